The van der Waals surface area contributed by atoms with Crippen molar-refractivity contribution in [2.75, 3.05) is 5.32 Å². The highest BCUT2D eigenvalue weighted by Crippen LogP contribution is 2.27. The zero-order valence-corrected chi connectivity index (χ0v) is 18.5. The van der Waals surface area contributed by atoms with Crippen molar-refractivity contribution in [1.29, 1.82) is 5.26 Å². The van der Waals surface area contributed by atoms with E-state index in [2.05, 4.69) is 28.6 Å². The van der Waals surface area contributed by atoms with E-state index >= 15 is 0 Å². The van der Waals surface area contributed by atoms with Crippen LogP contribution in [0.1, 0.15) is 32.6 Å². The first kappa shape index (κ1) is 20.9. The number of amides is 1. The van der Waals surface area contributed by atoms with E-state index in [1.165, 1.54) is 23.0 Å². The molecule has 8 heteroatoms. The van der Waals surface area contributed by atoms with Crippen LogP contribution in [0.15, 0.2) is 42.6 Å². The van der Waals surface area contributed by atoms with E-state index in [1.54, 1.807) is 6.07 Å². The molecule has 154 valence electrons. The smallest absolute Gasteiger partial charge is 0.258 e. The number of hydrogen-bond donors (Lipinski definition) is 1. The summed E-state index contributed by atoms with van der Waals surface area (Å²) in [5, 5.41) is 18.3. The molecule has 0 aliphatic rings. The molecule has 1 amide bonds. The van der Waals surface area contributed by atoms with Crippen molar-refractivity contribution in [3.05, 3.63) is 80.5 Å². The Morgan fingerprint density at radius 2 is 1.87 bits per heavy atom. The van der Waals surface area contributed by atoms with Crippen LogP contribution in [0.4, 0.5) is 5.82 Å². The van der Waals surface area contributed by atoms with Crippen LogP contribution >= 0.6 is 23.2 Å². The summed E-state index contributed by atoms with van der Waals surface area (Å²) in [6.07, 6.45) is 1.39. The number of fused-ring (bicyclic) bond motifs is 1. The molecule has 0 atom stereocenters. The molecule has 0 saturated carbocycles. The van der Waals surface area contributed by atoms with Crippen molar-refractivity contribution < 1.29 is 4.79 Å². The van der Waals surface area contributed by atoms with Crippen LogP contribution in [-0.4, -0.2) is 20.7 Å². The van der Waals surface area contributed by atoms with Gasteiger partial charge in [0.05, 0.1) is 22.3 Å². The standard InChI is InChI=1S/C23H17Cl2N5O/c1-12-6-14(3)21-18(7-12)13(2)8-20(28-21)30-22(15(10-26)11-27-30)29-23(31)17-5-4-16(24)9-19(17)25/h4-9,11H,1-3H3,(H,29,31). The molecule has 6 nitrogen and oxygen atoms in total. The van der Waals surface area contributed by atoms with Crippen LogP contribution in [0.5, 0.6) is 0 Å². The minimum absolute atomic E-state index is 0.207. The van der Waals surface area contributed by atoms with Crippen LogP contribution in [0.25, 0.3) is 16.7 Å². The topological polar surface area (TPSA) is 83.6 Å². The van der Waals surface area contributed by atoms with Crippen molar-refractivity contribution in [2.45, 2.75) is 20.8 Å². The highest BCUT2D eigenvalue weighted by atomic mass is 35.5. The van der Waals surface area contributed by atoms with Crippen LogP contribution < -0.4 is 5.32 Å². The minimum atomic E-state index is -0.482. The first-order valence-electron chi connectivity index (χ1n) is 9.42. The van der Waals surface area contributed by atoms with Gasteiger partial charge in [0.25, 0.3) is 5.91 Å². The SMILES string of the molecule is Cc1cc(C)c2nc(-n3ncc(C#N)c3NC(=O)c3ccc(Cl)cc3Cl)cc(C)c2c1. The number of hydrogen-bond acceptors (Lipinski definition) is 4. The van der Waals surface area contributed by atoms with E-state index in [-0.39, 0.29) is 22.0 Å². The maximum absolute atomic E-state index is 12.9. The second-order valence-electron chi connectivity index (χ2n) is 7.28. The summed E-state index contributed by atoms with van der Waals surface area (Å²) in [6, 6.07) is 12.7. The zero-order valence-electron chi connectivity index (χ0n) is 17.0. The summed E-state index contributed by atoms with van der Waals surface area (Å²) in [7, 11) is 0. The summed E-state index contributed by atoms with van der Waals surface area (Å²) in [5.41, 5.74) is 4.48. The van der Waals surface area contributed by atoms with Gasteiger partial charge in [-0.3, -0.25) is 4.79 Å². The van der Waals surface area contributed by atoms with Crippen molar-refractivity contribution in [1.82, 2.24) is 14.8 Å². The maximum atomic E-state index is 12.9. The van der Waals surface area contributed by atoms with E-state index in [0.29, 0.717) is 10.8 Å². The summed E-state index contributed by atoms with van der Waals surface area (Å²) in [4.78, 5) is 17.6. The Balaban J connectivity index is 1.82. The molecule has 0 aliphatic carbocycles. The number of pyridine rings is 1. The predicted molar refractivity (Wildman–Crippen MR) is 122 cm³/mol. The Kier molecular flexibility index (Phi) is 5.40. The molecule has 2 aromatic heterocycles. The van der Waals surface area contributed by atoms with E-state index in [4.69, 9.17) is 28.2 Å². The number of aromatic nitrogens is 3. The van der Waals surface area contributed by atoms with Gasteiger partial charge < -0.3 is 5.32 Å². The lowest BCUT2D eigenvalue weighted by Gasteiger charge is -2.13. The number of nitriles is 1. The normalized spacial score (nSPS) is 10.8. The van der Waals surface area contributed by atoms with Crippen LogP contribution in [0, 0.1) is 32.1 Å². The lowest BCUT2D eigenvalue weighted by molar-refractivity contribution is 0.102. The molecule has 4 rings (SSSR count). The maximum Gasteiger partial charge on any atom is 0.258 e. The van der Waals surface area contributed by atoms with Gasteiger partial charge in [0.1, 0.15) is 11.6 Å². The second kappa shape index (κ2) is 8.03. The fraction of sp³-hybridized carbons (Fsp3) is 0.130. The number of carbonyl (C=O) groups is 1. The number of carbonyl (C=O) groups excluding carboxylic acids is 1. The third-order valence-electron chi connectivity index (χ3n) is 4.96. The largest absolute Gasteiger partial charge is 0.305 e. The molecule has 0 unspecified atom stereocenters. The van der Waals surface area contributed by atoms with Gasteiger partial charge in [-0.15, -0.1) is 0 Å². The van der Waals surface area contributed by atoms with Gasteiger partial charge in [-0.2, -0.15) is 15.0 Å². The van der Waals surface area contributed by atoms with Gasteiger partial charge >= 0.3 is 0 Å². The molecular weight excluding hydrogens is 433 g/mol. The average Bonchev–Trinajstić information content (AvgIpc) is 3.11. The molecule has 2 aromatic carbocycles. The lowest BCUT2D eigenvalue weighted by Crippen LogP contribution is -2.17. The number of nitrogens with one attached hydrogen (secondary N) is 1. The quantitative estimate of drug-likeness (QED) is 0.429. The van der Waals surface area contributed by atoms with Crippen LogP contribution in [-0.2, 0) is 0 Å². The van der Waals surface area contributed by atoms with E-state index < -0.39 is 5.91 Å². The minimum Gasteiger partial charge on any atom is -0.305 e. The van der Waals surface area contributed by atoms with Gasteiger partial charge in [-0.25, -0.2) is 4.98 Å². The Morgan fingerprint density at radius 3 is 2.58 bits per heavy atom. The first-order valence-corrected chi connectivity index (χ1v) is 10.2. The van der Waals surface area contributed by atoms with E-state index in [9.17, 15) is 10.1 Å². The van der Waals surface area contributed by atoms with Gasteiger partial charge in [-0.1, -0.05) is 34.8 Å². The number of nitrogens with zero attached hydrogens (tertiary/aromatic N) is 4. The lowest BCUT2D eigenvalue weighted by atomic mass is 10.0. The van der Waals surface area contributed by atoms with Crippen molar-refractivity contribution in [3.63, 3.8) is 0 Å². The summed E-state index contributed by atoms with van der Waals surface area (Å²) >= 11 is 12.1. The van der Waals surface area contributed by atoms with E-state index in [0.717, 1.165) is 27.6 Å². The third kappa shape index (κ3) is 3.86. The van der Waals surface area contributed by atoms with Gasteiger partial charge in [0, 0.05) is 10.4 Å². The molecule has 1 N–H and O–H groups in total. The molecule has 0 aliphatic heterocycles. The molecule has 0 radical (unpaired) electrons. The second-order valence-corrected chi connectivity index (χ2v) is 8.13. The van der Waals surface area contributed by atoms with Gasteiger partial charge in [0.15, 0.2) is 11.6 Å². The average molecular weight is 450 g/mol. The molecule has 0 bridgehead atoms. The number of aryl methyl sites for hydroxylation is 3. The van der Waals surface area contributed by atoms with Crippen molar-refractivity contribution in [3.8, 4) is 11.9 Å². The van der Waals surface area contributed by atoms with Crippen molar-refractivity contribution >= 4 is 45.8 Å². The van der Waals surface area contributed by atoms with Gasteiger partial charge in [0.2, 0.25) is 0 Å². The van der Waals surface area contributed by atoms with Gasteiger partial charge in [-0.05, 0) is 62.2 Å². The summed E-state index contributed by atoms with van der Waals surface area (Å²) < 4.78 is 1.45. The Hall–Kier alpha value is -3.40. The summed E-state index contributed by atoms with van der Waals surface area (Å²) in [6.45, 7) is 6.04. The first-order chi connectivity index (χ1) is 14.8. The molecule has 0 saturated heterocycles. The molecule has 31 heavy (non-hydrogen) atoms. The van der Waals surface area contributed by atoms with Crippen LogP contribution in [0.3, 0.4) is 0 Å². The third-order valence-corrected chi connectivity index (χ3v) is 5.50. The highest BCUT2D eigenvalue weighted by molar-refractivity contribution is 6.37. The zero-order chi connectivity index (χ0) is 22.3. The van der Waals surface area contributed by atoms with Crippen LogP contribution in [0.2, 0.25) is 10.0 Å². The number of anilines is 1. The Bertz CT molecular complexity index is 1400. The Labute approximate surface area is 189 Å². The highest BCUT2D eigenvalue weighted by Gasteiger charge is 2.19. The molecule has 0 spiro atoms. The monoisotopic (exact) mass is 449 g/mol. The molecular formula is C23H17Cl2N5O. The number of halogens is 2. The predicted octanol–water partition coefficient (Wildman–Crippen LogP) is 5.78. The molecule has 2 heterocycles. The van der Waals surface area contributed by atoms with E-state index in [1.807, 2.05) is 26.8 Å². The number of benzene rings is 2. The molecule has 0 fully saturated rings. The number of rotatable bonds is 3. The fourth-order valence-electron chi connectivity index (χ4n) is 3.51. The summed E-state index contributed by atoms with van der Waals surface area (Å²) in [5.74, 6) is 0.231. The molecule has 4 aromatic rings. The Morgan fingerprint density at radius 1 is 1.10 bits per heavy atom. The fourth-order valence-corrected chi connectivity index (χ4v) is 4.00. The van der Waals surface area contributed by atoms with Crippen molar-refractivity contribution in [2.24, 2.45) is 0 Å².